The van der Waals surface area contributed by atoms with E-state index in [1.54, 1.807) is 14.1 Å². The molecule has 0 saturated heterocycles. The highest BCUT2D eigenvalue weighted by atomic mass is 128. The lowest BCUT2D eigenvalue weighted by Gasteiger charge is -1.89. The van der Waals surface area contributed by atoms with Gasteiger partial charge in [-0.15, -0.1) is 0 Å². The van der Waals surface area contributed by atoms with Crippen LogP contribution in [-0.4, -0.2) is 19.6 Å². The summed E-state index contributed by atoms with van der Waals surface area (Å²) in [6.45, 7) is 0. The Hall–Kier alpha value is 0.330. The molecule has 0 unspecified atom stereocenters. The van der Waals surface area contributed by atoms with Crippen molar-refractivity contribution in [3.63, 3.8) is 0 Å². The van der Waals surface area contributed by atoms with Crippen LogP contribution in [0.4, 0.5) is 17.6 Å². The van der Waals surface area contributed by atoms with E-state index in [1.807, 2.05) is 22.6 Å². The molecular formula is C10H11F4I3N4. The van der Waals surface area contributed by atoms with Crippen molar-refractivity contribution in [1.82, 2.24) is 19.6 Å². The van der Waals surface area contributed by atoms with Crippen LogP contribution in [0.3, 0.4) is 0 Å². The number of aryl methyl sites for hydroxylation is 2. The Balaban J connectivity index is 0.000000342. The molecule has 0 aliphatic carbocycles. The zero-order valence-electron chi connectivity index (χ0n) is 10.8. The van der Waals surface area contributed by atoms with Crippen molar-refractivity contribution in [3.05, 3.63) is 33.4 Å². The largest absolute Gasteiger partial charge is 0.282 e. The van der Waals surface area contributed by atoms with Crippen LogP contribution in [-0.2, 0) is 14.1 Å². The topological polar surface area (TPSA) is 35.6 Å². The van der Waals surface area contributed by atoms with E-state index in [9.17, 15) is 17.6 Å². The van der Waals surface area contributed by atoms with E-state index in [1.165, 1.54) is 27.7 Å². The molecule has 2 rings (SSSR count). The van der Waals surface area contributed by atoms with Gasteiger partial charge < -0.3 is 0 Å². The smallest absolute Gasteiger partial charge is 0.275 e. The summed E-state index contributed by atoms with van der Waals surface area (Å²) in [6, 6.07) is 2.66. The number of hydrogen-bond acceptors (Lipinski definition) is 2. The van der Waals surface area contributed by atoms with Crippen molar-refractivity contribution in [3.8, 4) is 0 Å². The van der Waals surface area contributed by atoms with E-state index in [0.29, 0.717) is 3.70 Å². The highest BCUT2D eigenvalue weighted by Gasteiger charge is 2.11. The molecule has 0 atom stereocenters. The Labute approximate surface area is 156 Å². The van der Waals surface area contributed by atoms with Crippen molar-refractivity contribution < 1.29 is 17.6 Å². The second-order valence-electron chi connectivity index (χ2n) is 3.53. The summed E-state index contributed by atoms with van der Waals surface area (Å²) < 4.78 is 50.7. The van der Waals surface area contributed by atoms with Crippen LogP contribution in [0.25, 0.3) is 0 Å². The lowest BCUT2D eigenvalue weighted by atomic mass is 10.5. The Kier molecular flexibility index (Phi) is 11.1. The summed E-state index contributed by atoms with van der Waals surface area (Å²) in [4.78, 5) is 0. The van der Waals surface area contributed by atoms with Crippen molar-refractivity contribution in [2.45, 2.75) is 12.9 Å². The monoisotopic (exact) mass is 644 g/mol. The number of alkyl halides is 4. The molecule has 0 fully saturated rings. The molecule has 2 aromatic heterocycles. The van der Waals surface area contributed by atoms with Crippen LogP contribution in [0.1, 0.15) is 24.2 Å². The fourth-order valence-corrected chi connectivity index (χ4v) is 1.55. The van der Waals surface area contributed by atoms with Crippen LogP contribution in [0.15, 0.2) is 18.3 Å². The molecule has 120 valence electrons. The number of aromatic nitrogens is 4. The maximum Gasteiger partial charge on any atom is 0.282 e. The molecule has 2 heterocycles. The minimum Gasteiger partial charge on any atom is -0.275 e. The van der Waals surface area contributed by atoms with Gasteiger partial charge in [-0.25, -0.2) is 17.6 Å². The fraction of sp³-hybridized carbons (Fsp3) is 0.400. The lowest BCUT2D eigenvalue weighted by molar-refractivity contribution is 0.145. The first-order valence-corrected chi connectivity index (χ1v) is 12.6. The molecule has 0 aliphatic heterocycles. The van der Waals surface area contributed by atoms with Gasteiger partial charge in [0.1, 0.15) is 11.4 Å². The first-order valence-electron chi connectivity index (χ1n) is 5.20. The molecule has 4 nitrogen and oxygen atoms in total. The molecule has 21 heavy (non-hydrogen) atoms. The van der Waals surface area contributed by atoms with Crippen molar-refractivity contribution in [2.75, 3.05) is 0 Å². The van der Waals surface area contributed by atoms with Crippen LogP contribution >= 0.6 is 59.8 Å². The average Bonchev–Trinajstić information content (AvgIpc) is 3.00. The van der Waals surface area contributed by atoms with Gasteiger partial charge >= 0.3 is 0 Å². The second kappa shape index (κ2) is 11.0. The molecule has 0 saturated carbocycles. The zero-order chi connectivity index (χ0) is 16.6. The highest BCUT2D eigenvalue weighted by Crippen LogP contribution is 2.18. The van der Waals surface area contributed by atoms with Gasteiger partial charge in [-0.3, -0.25) is 9.36 Å². The fourth-order valence-electron chi connectivity index (χ4n) is 1.12. The minimum atomic E-state index is -2.46. The molecule has 0 aromatic carbocycles. The van der Waals surface area contributed by atoms with Gasteiger partial charge in [0.25, 0.3) is 12.9 Å². The van der Waals surface area contributed by atoms with E-state index in [0.717, 1.165) is 0 Å². The Morgan fingerprint density at radius 3 is 1.71 bits per heavy atom. The molecular weight excluding hydrogens is 633 g/mol. The maximum atomic E-state index is 11.9. The zero-order valence-corrected chi connectivity index (χ0v) is 17.3. The number of nitrogens with zero attached hydrogens (tertiary/aromatic N) is 4. The average molecular weight is 644 g/mol. The molecule has 0 radical (unpaired) electrons. The lowest BCUT2D eigenvalue weighted by Crippen LogP contribution is -1.93. The van der Waals surface area contributed by atoms with E-state index < -0.39 is 12.9 Å². The first kappa shape index (κ1) is 21.3. The van der Waals surface area contributed by atoms with Crippen LogP contribution < -0.4 is 0 Å². The Bertz CT molecular complexity index is 511. The van der Waals surface area contributed by atoms with Gasteiger partial charge in [-0.2, -0.15) is 10.2 Å². The predicted octanol–water partition coefficient (Wildman–Crippen LogP) is 5.09. The Morgan fingerprint density at radius 1 is 1.00 bits per heavy atom. The third-order valence-corrected chi connectivity index (χ3v) is 3.03. The summed E-state index contributed by atoms with van der Waals surface area (Å²) >= 11 is 6.19. The van der Waals surface area contributed by atoms with Crippen LogP contribution in [0.2, 0.25) is 0 Å². The first-order chi connectivity index (χ1) is 9.81. The van der Waals surface area contributed by atoms with E-state index in [4.69, 9.17) is 0 Å². The second-order valence-corrected chi connectivity index (χ2v) is 4.64. The molecule has 0 N–H and O–H groups in total. The van der Waals surface area contributed by atoms with Gasteiger partial charge in [0, 0.05) is 57.5 Å². The van der Waals surface area contributed by atoms with Crippen LogP contribution in [0, 0.1) is 3.70 Å². The van der Waals surface area contributed by atoms with Crippen LogP contribution in [0.5, 0.6) is 0 Å². The van der Waals surface area contributed by atoms with E-state index in [-0.39, 0.29) is 11.4 Å². The highest BCUT2D eigenvalue weighted by molar-refractivity contribution is 15.0. The predicted molar refractivity (Wildman–Crippen MR) is 97.1 cm³/mol. The summed E-state index contributed by atoms with van der Waals surface area (Å²) in [5, 5.41) is 7.05. The van der Waals surface area contributed by atoms with Crippen molar-refractivity contribution in [1.29, 1.82) is 0 Å². The van der Waals surface area contributed by atoms with E-state index in [2.05, 4.69) is 47.4 Å². The maximum absolute atomic E-state index is 11.9. The minimum absolute atomic E-state index is 0.160. The van der Waals surface area contributed by atoms with E-state index >= 15 is 0 Å². The third kappa shape index (κ3) is 7.94. The summed E-state index contributed by atoms with van der Waals surface area (Å²) in [5.74, 6) is 0. The molecule has 0 aliphatic rings. The summed E-state index contributed by atoms with van der Waals surface area (Å²) in [7, 11) is 3.24. The van der Waals surface area contributed by atoms with Crippen molar-refractivity contribution >= 4 is 59.8 Å². The summed E-state index contributed by atoms with van der Waals surface area (Å²) in [6.07, 6.45) is -3.43. The van der Waals surface area contributed by atoms with Gasteiger partial charge in [0.15, 0.2) is 0 Å². The number of halogens is 7. The molecule has 0 spiro atoms. The SMILES string of the molecule is Cn1ccc(C(F)F)n1.Cn1nc(C(F)F)cc1I.II. The Morgan fingerprint density at radius 2 is 1.52 bits per heavy atom. The van der Waals surface area contributed by atoms with Gasteiger partial charge in [0.05, 0.1) is 3.70 Å². The van der Waals surface area contributed by atoms with Crippen molar-refractivity contribution in [2.24, 2.45) is 14.1 Å². The molecule has 2 aromatic rings. The normalized spacial score (nSPS) is 10.0. The standard InChI is InChI=1S/C5H5F2IN2.C5H6F2N2.I2/c1-10-4(8)2-3(9-10)5(6)7;1-9-3-2-4(8-9)5(6)7;1-2/h2,5H,1H3;2-3,5H,1H3;. The quantitative estimate of drug-likeness (QED) is 0.338. The summed E-state index contributed by atoms with van der Waals surface area (Å²) in [5.41, 5.74) is -0.329. The molecule has 0 bridgehead atoms. The molecule has 0 amide bonds. The third-order valence-electron chi connectivity index (χ3n) is 2.02. The number of hydrogen-bond donors (Lipinski definition) is 0. The molecule has 11 heteroatoms. The van der Waals surface area contributed by atoms with Gasteiger partial charge in [-0.1, -0.05) is 0 Å². The van der Waals surface area contributed by atoms with Gasteiger partial charge in [-0.05, 0) is 34.7 Å². The van der Waals surface area contributed by atoms with Gasteiger partial charge in [0.2, 0.25) is 0 Å². The number of rotatable bonds is 2.